The third-order valence-corrected chi connectivity index (χ3v) is 0.203. The van der Waals surface area contributed by atoms with Gasteiger partial charge in [0.1, 0.15) is 0 Å². The Morgan fingerprint density at radius 2 is 0.789 bits per heavy atom. The summed E-state index contributed by atoms with van der Waals surface area (Å²) in [6, 6.07) is 0. The van der Waals surface area contributed by atoms with Gasteiger partial charge in [0.2, 0.25) is 5.78 Å². The molecule has 0 N–H and O–H groups in total. The first-order valence-corrected chi connectivity index (χ1v) is 2.47. The molecular formula is C10H4Co2O7. The van der Waals surface area contributed by atoms with Crippen molar-refractivity contribution in [1.29, 1.82) is 0 Å². The van der Waals surface area contributed by atoms with Crippen molar-refractivity contribution in [2.45, 2.75) is 6.92 Å². The van der Waals surface area contributed by atoms with Crippen LogP contribution in [0.25, 0.3) is 0 Å². The van der Waals surface area contributed by atoms with Gasteiger partial charge < -0.3 is 0 Å². The minimum Gasteiger partial charge on any atom is 0 e. The van der Waals surface area contributed by atoms with Crippen molar-refractivity contribution >= 4 is 5.78 Å². The number of Topliss-reactive ketones (excluding diaryl/α,β-unsaturated/α-hetero) is 1. The second kappa shape index (κ2) is 570. The van der Waals surface area contributed by atoms with Crippen LogP contribution in [0.1, 0.15) is 6.92 Å². The minimum absolute atomic E-state index is 0. The summed E-state index contributed by atoms with van der Waals surface area (Å²) in [6.45, 7) is 28.3. The van der Waals surface area contributed by atoms with Gasteiger partial charge in [-0.1, -0.05) is 0 Å². The molecule has 0 aromatic heterocycles. The summed E-state index contributed by atoms with van der Waals surface area (Å²) in [5.74, 6) is 1.67. The third kappa shape index (κ3) is 7710. The molecule has 0 aliphatic carbocycles. The van der Waals surface area contributed by atoms with Crippen molar-refractivity contribution in [3.8, 4) is 12.3 Å². The van der Waals surface area contributed by atoms with E-state index in [1.54, 1.807) is 0 Å². The summed E-state index contributed by atoms with van der Waals surface area (Å²) in [5.41, 5.74) is 0. The minimum atomic E-state index is -0.218. The normalized spacial score (nSPS) is 2.11. The smallest absolute Gasteiger partial charge is 0 e. The monoisotopic (exact) mass is 354 g/mol. The Morgan fingerprint density at radius 1 is 0.737 bits per heavy atom. The Bertz CT molecular complexity index is 232. The number of terminal acetylenes is 1. The molecule has 0 aliphatic heterocycles. The van der Waals surface area contributed by atoms with E-state index in [0.29, 0.717) is 0 Å². The zero-order valence-electron chi connectivity index (χ0n) is 9.10. The summed E-state index contributed by atoms with van der Waals surface area (Å²) >= 11 is 0. The van der Waals surface area contributed by atoms with E-state index in [4.69, 9.17) is 27.9 Å². The number of hydrogen-bond acceptors (Lipinski definition) is 1. The van der Waals surface area contributed by atoms with Crippen LogP contribution < -0.4 is 0 Å². The average molecular weight is 354 g/mol. The van der Waals surface area contributed by atoms with Crippen molar-refractivity contribution < 1.29 is 66.3 Å². The molecule has 0 saturated heterocycles. The van der Waals surface area contributed by atoms with Crippen LogP contribution in [0.3, 0.4) is 0 Å². The molecule has 7 nitrogen and oxygen atoms in total. The number of rotatable bonds is 0. The molecule has 0 amide bonds. The van der Waals surface area contributed by atoms with Crippen molar-refractivity contribution in [3.05, 3.63) is 39.9 Å². The second-order valence-corrected chi connectivity index (χ2v) is 0.701. The Morgan fingerprint density at radius 3 is 0.789 bits per heavy atom. The van der Waals surface area contributed by atoms with E-state index >= 15 is 0 Å². The standard InChI is InChI=1S/C4H4O.6CO.2Co/c1-3-4(2)5;6*1-2;;/h1H,2H3;;;;;;;;. The van der Waals surface area contributed by atoms with Crippen molar-refractivity contribution in [1.82, 2.24) is 0 Å². The molecule has 0 bridgehead atoms. The van der Waals surface area contributed by atoms with Crippen LogP contribution in [0.5, 0.6) is 0 Å². The van der Waals surface area contributed by atoms with Crippen LogP contribution in [0.4, 0.5) is 0 Å². The fourth-order valence-corrected chi connectivity index (χ4v) is 0. The van der Waals surface area contributed by atoms with Gasteiger partial charge in [-0.15, -0.1) is 6.42 Å². The van der Waals surface area contributed by atoms with Gasteiger partial charge in [0, 0.05) is 40.5 Å². The van der Waals surface area contributed by atoms with Crippen LogP contribution in [0, 0.1) is 52.2 Å². The van der Waals surface area contributed by atoms with E-state index in [1.165, 1.54) is 6.92 Å². The summed E-state index contributed by atoms with van der Waals surface area (Å²) in [7, 11) is 0. The summed E-state index contributed by atoms with van der Waals surface area (Å²) < 4.78 is 45.0. The quantitative estimate of drug-likeness (QED) is 0.257. The SMILES string of the molecule is C#CC(C)=O.[C-]#[O+].[C-]#[O+].[C-]#[O+].[C-]#[O+].[C-]#[O+].[C-]#[O+].[Co].[Co]. The van der Waals surface area contributed by atoms with E-state index in [-0.39, 0.29) is 39.3 Å². The molecule has 0 atom stereocenters. The van der Waals surface area contributed by atoms with Crippen LogP contribution in [0.15, 0.2) is 0 Å². The molecule has 0 unspecified atom stereocenters. The molecule has 0 rings (SSSR count). The fourth-order valence-electron chi connectivity index (χ4n) is 0. The predicted molar refractivity (Wildman–Crippen MR) is 43.1 cm³/mol. The Kier molecular flexibility index (Phi) is 1960. The number of carbonyl (C=O) groups excluding carboxylic acids is 1. The third-order valence-electron chi connectivity index (χ3n) is 0.203. The summed E-state index contributed by atoms with van der Waals surface area (Å²) in [4.78, 5) is 9.58. The van der Waals surface area contributed by atoms with Crippen LogP contribution in [0.2, 0.25) is 0 Å². The van der Waals surface area contributed by atoms with Crippen LogP contribution >= 0.6 is 0 Å². The largest absolute Gasteiger partial charge is 0 e. The Labute approximate surface area is 131 Å². The molecule has 0 aromatic carbocycles. The van der Waals surface area contributed by atoms with Crippen molar-refractivity contribution in [2.24, 2.45) is 0 Å². The molecule has 0 spiro atoms. The number of ketones is 1. The zero-order valence-corrected chi connectivity index (χ0v) is 11.2. The zero-order chi connectivity index (χ0) is 16.3. The average Bonchev–Trinajstić information content (AvgIpc) is 2.51. The molecule has 0 heterocycles. The van der Waals surface area contributed by atoms with Gasteiger partial charge in [-0.05, 0) is 5.92 Å². The first-order valence-electron chi connectivity index (χ1n) is 2.47. The maximum Gasteiger partial charge on any atom is 0 e. The van der Waals surface area contributed by atoms with Crippen LogP contribution in [-0.2, 0) is 66.3 Å². The molecule has 0 fully saturated rings. The summed E-state index contributed by atoms with van der Waals surface area (Å²) in [5, 5.41) is 0. The summed E-state index contributed by atoms with van der Waals surface area (Å²) in [6.07, 6.45) is 4.57. The van der Waals surface area contributed by atoms with Gasteiger partial charge in [-0.3, -0.25) is 4.79 Å². The Balaban J connectivity index is -0.00000000912. The first-order chi connectivity index (χ1) is 8.27. The first kappa shape index (κ1) is 65.3. The molecule has 9 heteroatoms. The molecule has 0 aromatic rings. The van der Waals surface area contributed by atoms with Gasteiger partial charge >= 0.3 is 67.8 Å². The van der Waals surface area contributed by atoms with Crippen molar-refractivity contribution in [3.63, 3.8) is 0 Å². The number of carbonyl (C=O) groups is 1. The second-order valence-electron chi connectivity index (χ2n) is 0.701. The van der Waals surface area contributed by atoms with Gasteiger partial charge in [0.05, 0.1) is 0 Å². The Hall–Kier alpha value is -1.32. The van der Waals surface area contributed by atoms with E-state index in [0.717, 1.165) is 0 Å². The fraction of sp³-hybridized carbons (Fsp3) is 0.100. The van der Waals surface area contributed by atoms with E-state index in [1.807, 2.05) is 5.92 Å². The molecule has 0 aliphatic rings. The maximum atomic E-state index is 9.58. The van der Waals surface area contributed by atoms with Crippen molar-refractivity contribution in [2.75, 3.05) is 0 Å². The predicted octanol–water partition coefficient (Wildman–Crippen LogP) is -0.0215. The van der Waals surface area contributed by atoms with Gasteiger partial charge in [0.15, 0.2) is 0 Å². The molecule has 0 saturated carbocycles. The van der Waals surface area contributed by atoms with E-state index in [2.05, 4.69) is 46.3 Å². The topological polar surface area (TPSA) is 136 Å². The van der Waals surface area contributed by atoms with Gasteiger partial charge in [-0.2, -0.15) is 0 Å². The molecule has 2 radical (unpaired) electrons. The molecule has 19 heavy (non-hydrogen) atoms. The van der Waals surface area contributed by atoms with E-state index in [9.17, 15) is 4.79 Å². The van der Waals surface area contributed by atoms with Crippen LogP contribution in [-0.4, -0.2) is 5.78 Å². The van der Waals surface area contributed by atoms with Gasteiger partial charge in [0.25, 0.3) is 0 Å². The number of hydrogen-bond donors (Lipinski definition) is 0. The van der Waals surface area contributed by atoms with E-state index < -0.39 is 0 Å². The molecular weight excluding hydrogens is 350 g/mol. The maximum absolute atomic E-state index is 9.58. The molecule has 104 valence electrons. The van der Waals surface area contributed by atoms with Gasteiger partial charge in [-0.25, -0.2) is 0 Å².